The zero-order valence-electron chi connectivity index (χ0n) is 18.6. The highest BCUT2D eigenvalue weighted by atomic mass is 32.2. The van der Waals surface area contributed by atoms with E-state index in [1.54, 1.807) is 55.6 Å². The molecule has 0 unspecified atom stereocenters. The van der Waals surface area contributed by atoms with Crippen LogP contribution in [0.5, 0.6) is 11.5 Å². The molecule has 3 rings (SSSR count). The fourth-order valence-electron chi connectivity index (χ4n) is 2.98. The maximum atomic E-state index is 12.7. The van der Waals surface area contributed by atoms with Crippen LogP contribution in [0.15, 0.2) is 82.8 Å². The Morgan fingerprint density at radius 1 is 1.03 bits per heavy atom. The Morgan fingerprint density at radius 3 is 2.36 bits per heavy atom. The molecule has 0 aliphatic rings. The molecular formula is C24H25N3O5S. The number of benzene rings is 3. The Morgan fingerprint density at radius 2 is 1.73 bits per heavy atom. The number of rotatable bonds is 9. The van der Waals surface area contributed by atoms with Crippen molar-refractivity contribution in [2.45, 2.75) is 11.8 Å². The van der Waals surface area contributed by atoms with Crippen LogP contribution in [0, 0.1) is 0 Å². The second-order valence-corrected chi connectivity index (χ2v) is 8.84. The highest BCUT2D eigenvalue weighted by molar-refractivity contribution is 7.92. The highest BCUT2D eigenvalue weighted by Gasteiger charge is 2.21. The first kappa shape index (κ1) is 23.8. The van der Waals surface area contributed by atoms with Crippen molar-refractivity contribution < 1.29 is 22.7 Å². The number of hydrogen-bond acceptors (Lipinski definition) is 6. The summed E-state index contributed by atoms with van der Waals surface area (Å²) in [7, 11) is -0.679. The average molecular weight is 468 g/mol. The van der Waals surface area contributed by atoms with Crippen LogP contribution in [0.4, 0.5) is 5.69 Å². The predicted molar refractivity (Wildman–Crippen MR) is 128 cm³/mol. The molecule has 0 fully saturated rings. The van der Waals surface area contributed by atoms with Gasteiger partial charge in [0.05, 0.1) is 30.5 Å². The maximum absolute atomic E-state index is 12.7. The van der Waals surface area contributed by atoms with Gasteiger partial charge in [0.15, 0.2) is 11.5 Å². The van der Waals surface area contributed by atoms with E-state index < -0.39 is 15.9 Å². The molecule has 0 aromatic heterocycles. The summed E-state index contributed by atoms with van der Waals surface area (Å²) < 4.78 is 37.4. The van der Waals surface area contributed by atoms with Crippen LogP contribution < -0.4 is 19.2 Å². The molecule has 0 aliphatic carbocycles. The summed E-state index contributed by atoms with van der Waals surface area (Å²) in [5.41, 5.74) is 3.95. The lowest BCUT2D eigenvalue weighted by Crippen LogP contribution is -2.26. The summed E-state index contributed by atoms with van der Waals surface area (Å²) in [6, 6.07) is 19.7. The lowest BCUT2D eigenvalue weighted by atomic mass is 10.2. The maximum Gasteiger partial charge on any atom is 0.271 e. The van der Waals surface area contributed by atoms with Gasteiger partial charge in [-0.1, -0.05) is 18.2 Å². The van der Waals surface area contributed by atoms with Crippen LogP contribution in [0.1, 0.15) is 22.8 Å². The minimum absolute atomic E-state index is 0.189. The molecule has 0 bridgehead atoms. The Hall–Kier alpha value is -3.85. The fraction of sp³-hybridized carbons (Fsp3) is 0.167. The van der Waals surface area contributed by atoms with Gasteiger partial charge in [0.2, 0.25) is 0 Å². The number of carbonyl (C=O) groups excluding carboxylic acids is 1. The molecule has 9 heteroatoms. The number of sulfonamides is 1. The van der Waals surface area contributed by atoms with E-state index in [0.29, 0.717) is 29.4 Å². The van der Waals surface area contributed by atoms with Crippen molar-refractivity contribution in [3.05, 3.63) is 83.9 Å². The Balaban J connectivity index is 1.66. The van der Waals surface area contributed by atoms with Gasteiger partial charge >= 0.3 is 0 Å². The molecule has 8 nitrogen and oxygen atoms in total. The van der Waals surface area contributed by atoms with Gasteiger partial charge in [-0.2, -0.15) is 5.10 Å². The van der Waals surface area contributed by atoms with Crippen LogP contribution in [-0.2, 0) is 10.0 Å². The zero-order valence-corrected chi connectivity index (χ0v) is 19.4. The molecule has 0 saturated heterocycles. The van der Waals surface area contributed by atoms with Crippen LogP contribution in [-0.4, -0.2) is 41.3 Å². The van der Waals surface area contributed by atoms with Crippen molar-refractivity contribution in [1.29, 1.82) is 0 Å². The van der Waals surface area contributed by atoms with Gasteiger partial charge in [-0.15, -0.1) is 0 Å². The fourth-order valence-corrected chi connectivity index (χ4v) is 4.20. The van der Waals surface area contributed by atoms with Gasteiger partial charge in [-0.05, 0) is 67.1 Å². The van der Waals surface area contributed by atoms with E-state index in [1.807, 2.05) is 6.92 Å². The van der Waals surface area contributed by atoms with Crippen molar-refractivity contribution in [3.8, 4) is 11.5 Å². The molecule has 0 radical (unpaired) electrons. The molecule has 0 atom stereocenters. The van der Waals surface area contributed by atoms with Crippen molar-refractivity contribution >= 4 is 27.8 Å². The van der Waals surface area contributed by atoms with E-state index in [1.165, 1.54) is 41.8 Å². The first-order chi connectivity index (χ1) is 15.9. The third-order valence-electron chi connectivity index (χ3n) is 4.76. The number of carbonyl (C=O) groups is 1. The molecular weight excluding hydrogens is 442 g/mol. The minimum Gasteiger partial charge on any atom is -0.493 e. The predicted octanol–water partition coefficient (Wildman–Crippen LogP) is 3.68. The number of hydrogen-bond donors (Lipinski definition) is 1. The average Bonchev–Trinajstić information content (AvgIpc) is 2.85. The van der Waals surface area contributed by atoms with Gasteiger partial charge in [0, 0.05) is 12.6 Å². The second-order valence-electron chi connectivity index (χ2n) is 6.87. The summed E-state index contributed by atoms with van der Waals surface area (Å²) in [4.78, 5) is 12.6. The number of hydrazone groups is 1. The second kappa shape index (κ2) is 10.6. The minimum atomic E-state index is -3.69. The first-order valence-electron chi connectivity index (χ1n) is 10.1. The molecule has 0 heterocycles. The number of methoxy groups -OCH3 is 1. The van der Waals surface area contributed by atoms with Gasteiger partial charge in [-0.3, -0.25) is 9.10 Å². The standard InChI is InChI=1S/C24H25N3O5S/c1-4-32-22-15-10-18(16-23(22)31-3)17-25-26-24(28)19-11-13-20(14-12-19)27(2)33(29,30)21-8-6-5-7-9-21/h5-17H,4H2,1-3H3,(H,26,28). The van der Waals surface area contributed by atoms with Crippen LogP contribution in [0.3, 0.4) is 0 Å². The van der Waals surface area contributed by atoms with Crippen molar-refractivity contribution in [2.75, 3.05) is 25.1 Å². The van der Waals surface area contributed by atoms with E-state index in [-0.39, 0.29) is 4.90 Å². The summed E-state index contributed by atoms with van der Waals surface area (Å²) in [6.07, 6.45) is 1.49. The number of nitrogens with one attached hydrogen (secondary N) is 1. The number of amides is 1. The smallest absolute Gasteiger partial charge is 0.271 e. The third kappa shape index (κ3) is 5.69. The highest BCUT2D eigenvalue weighted by Crippen LogP contribution is 2.27. The molecule has 3 aromatic carbocycles. The Bertz CT molecular complexity index is 1230. The third-order valence-corrected chi connectivity index (χ3v) is 6.56. The summed E-state index contributed by atoms with van der Waals surface area (Å²) >= 11 is 0. The van der Waals surface area contributed by atoms with Crippen molar-refractivity contribution in [1.82, 2.24) is 5.43 Å². The van der Waals surface area contributed by atoms with Gasteiger partial charge in [0.1, 0.15) is 0 Å². The summed E-state index contributed by atoms with van der Waals surface area (Å²) in [6.45, 7) is 2.41. The molecule has 172 valence electrons. The quantitative estimate of drug-likeness (QED) is 0.382. The van der Waals surface area contributed by atoms with E-state index in [9.17, 15) is 13.2 Å². The number of nitrogens with zero attached hydrogens (tertiary/aromatic N) is 2. The lowest BCUT2D eigenvalue weighted by Gasteiger charge is -2.19. The largest absolute Gasteiger partial charge is 0.493 e. The van der Waals surface area contributed by atoms with Crippen LogP contribution in [0.25, 0.3) is 0 Å². The van der Waals surface area contributed by atoms with Crippen molar-refractivity contribution in [2.24, 2.45) is 5.10 Å². The summed E-state index contributed by atoms with van der Waals surface area (Å²) in [5, 5.41) is 3.98. The molecule has 0 aliphatic heterocycles. The SMILES string of the molecule is CCOc1ccc(C=NNC(=O)c2ccc(N(C)S(=O)(=O)c3ccccc3)cc2)cc1OC. The van der Waals surface area contributed by atoms with Gasteiger partial charge < -0.3 is 9.47 Å². The Kier molecular flexibility index (Phi) is 7.68. The van der Waals surface area contributed by atoms with E-state index >= 15 is 0 Å². The van der Waals surface area contributed by atoms with Crippen molar-refractivity contribution in [3.63, 3.8) is 0 Å². The topological polar surface area (TPSA) is 97.3 Å². The molecule has 0 spiro atoms. The van der Waals surface area contributed by atoms with Gasteiger partial charge in [-0.25, -0.2) is 13.8 Å². The van der Waals surface area contributed by atoms with E-state index in [4.69, 9.17) is 9.47 Å². The van der Waals surface area contributed by atoms with E-state index in [0.717, 1.165) is 5.56 Å². The lowest BCUT2D eigenvalue weighted by molar-refractivity contribution is 0.0955. The first-order valence-corrected chi connectivity index (χ1v) is 11.6. The molecule has 1 amide bonds. The molecule has 33 heavy (non-hydrogen) atoms. The number of anilines is 1. The summed E-state index contributed by atoms with van der Waals surface area (Å²) in [5.74, 6) is 0.766. The van der Waals surface area contributed by atoms with E-state index in [2.05, 4.69) is 10.5 Å². The molecule has 1 N–H and O–H groups in total. The zero-order chi connectivity index (χ0) is 23.8. The monoisotopic (exact) mass is 467 g/mol. The molecule has 0 saturated carbocycles. The van der Waals surface area contributed by atoms with Crippen LogP contribution >= 0.6 is 0 Å². The number of ether oxygens (including phenoxy) is 2. The Labute approximate surface area is 193 Å². The van der Waals surface area contributed by atoms with Crippen LogP contribution in [0.2, 0.25) is 0 Å². The normalized spacial score (nSPS) is 11.2. The van der Waals surface area contributed by atoms with Gasteiger partial charge in [0.25, 0.3) is 15.9 Å². The molecule has 3 aromatic rings.